The number of carbonyl (C=O) groups is 1. The van der Waals surface area contributed by atoms with Crippen molar-refractivity contribution in [1.82, 2.24) is 10.0 Å². The Hall–Kier alpha value is -2.09. The minimum absolute atomic E-state index is 0.00170. The van der Waals surface area contributed by atoms with E-state index in [0.717, 1.165) is 5.75 Å². The van der Waals surface area contributed by atoms with E-state index in [1.807, 2.05) is 30.3 Å². The maximum Gasteiger partial charge on any atom is 0.252 e. The molecule has 27 heavy (non-hydrogen) atoms. The van der Waals surface area contributed by atoms with Crippen LogP contribution >= 0.6 is 11.6 Å². The largest absolute Gasteiger partial charge is 0.494 e. The van der Waals surface area contributed by atoms with Gasteiger partial charge in [0.15, 0.2) is 0 Å². The average molecular weight is 411 g/mol. The maximum absolute atomic E-state index is 12.3. The molecule has 2 aromatic rings. The molecule has 146 valence electrons. The molecule has 0 unspecified atom stereocenters. The van der Waals surface area contributed by atoms with Crippen LogP contribution in [0.1, 0.15) is 30.6 Å². The van der Waals surface area contributed by atoms with Crippen LogP contribution in [0.4, 0.5) is 0 Å². The van der Waals surface area contributed by atoms with Gasteiger partial charge in [-0.15, -0.1) is 0 Å². The summed E-state index contributed by atoms with van der Waals surface area (Å²) in [4.78, 5) is 12.3. The monoisotopic (exact) mass is 410 g/mol. The highest BCUT2D eigenvalue weighted by Crippen LogP contribution is 2.20. The fraction of sp³-hybridized carbons (Fsp3) is 0.316. The summed E-state index contributed by atoms with van der Waals surface area (Å²) in [5.74, 6) is 0.337. The van der Waals surface area contributed by atoms with Crippen molar-refractivity contribution in [2.45, 2.75) is 31.2 Å². The summed E-state index contributed by atoms with van der Waals surface area (Å²) in [6.07, 6.45) is 0.602. The lowest BCUT2D eigenvalue weighted by molar-refractivity contribution is 0.0951. The summed E-state index contributed by atoms with van der Waals surface area (Å²) in [6.45, 7) is 4.27. The van der Waals surface area contributed by atoms with Crippen LogP contribution in [0.15, 0.2) is 53.4 Å². The molecule has 0 bridgehead atoms. The van der Waals surface area contributed by atoms with Crippen LogP contribution in [0.25, 0.3) is 0 Å². The second kappa shape index (κ2) is 9.73. The third kappa shape index (κ3) is 6.53. The van der Waals surface area contributed by atoms with Gasteiger partial charge in [-0.3, -0.25) is 4.79 Å². The topological polar surface area (TPSA) is 84.5 Å². The van der Waals surface area contributed by atoms with Crippen LogP contribution in [0, 0.1) is 0 Å². The van der Waals surface area contributed by atoms with Crippen LogP contribution in [0.5, 0.6) is 5.75 Å². The van der Waals surface area contributed by atoms with Gasteiger partial charge in [0, 0.05) is 12.6 Å². The predicted octanol–water partition coefficient (Wildman–Crippen LogP) is 3.23. The van der Waals surface area contributed by atoms with Crippen molar-refractivity contribution in [1.29, 1.82) is 0 Å². The number of para-hydroxylation sites is 1. The molecule has 0 fully saturated rings. The van der Waals surface area contributed by atoms with E-state index < -0.39 is 15.9 Å². The molecule has 0 spiro atoms. The summed E-state index contributed by atoms with van der Waals surface area (Å²) in [6, 6.07) is 13.2. The Kier molecular flexibility index (Phi) is 7.65. The molecule has 0 saturated carbocycles. The summed E-state index contributed by atoms with van der Waals surface area (Å²) >= 11 is 6.07. The van der Waals surface area contributed by atoms with Crippen molar-refractivity contribution in [3.8, 4) is 5.75 Å². The van der Waals surface area contributed by atoms with Gasteiger partial charge in [-0.1, -0.05) is 29.8 Å². The molecule has 2 N–H and O–H groups in total. The van der Waals surface area contributed by atoms with Gasteiger partial charge in [0.05, 0.1) is 22.1 Å². The third-order valence-electron chi connectivity index (χ3n) is 3.50. The first-order valence-electron chi connectivity index (χ1n) is 8.57. The Balaban J connectivity index is 1.92. The minimum Gasteiger partial charge on any atom is -0.494 e. The second-order valence-electron chi connectivity index (χ2n) is 6.19. The van der Waals surface area contributed by atoms with Crippen LogP contribution < -0.4 is 14.8 Å². The number of hydrogen-bond donors (Lipinski definition) is 2. The summed E-state index contributed by atoms with van der Waals surface area (Å²) in [5, 5.41) is 2.92. The first kappa shape index (κ1) is 21.2. The van der Waals surface area contributed by atoms with Crippen LogP contribution in [0.2, 0.25) is 5.02 Å². The van der Waals surface area contributed by atoms with Crippen molar-refractivity contribution in [3.05, 3.63) is 59.1 Å². The lowest BCUT2D eigenvalue weighted by Crippen LogP contribution is -2.31. The number of carbonyl (C=O) groups excluding carboxylic acids is 1. The van der Waals surface area contributed by atoms with Crippen molar-refractivity contribution in [2.75, 3.05) is 13.2 Å². The minimum atomic E-state index is -3.70. The van der Waals surface area contributed by atoms with E-state index in [0.29, 0.717) is 19.6 Å². The van der Waals surface area contributed by atoms with E-state index in [1.165, 1.54) is 18.2 Å². The molecule has 1 amide bonds. The molecule has 2 aromatic carbocycles. The van der Waals surface area contributed by atoms with Gasteiger partial charge in [0.2, 0.25) is 10.0 Å². The zero-order valence-corrected chi connectivity index (χ0v) is 16.8. The highest BCUT2D eigenvalue weighted by molar-refractivity contribution is 7.89. The molecular weight excluding hydrogens is 388 g/mol. The van der Waals surface area contributed by atoms with E-state index in [-0.39, 0.29) is 21.5 Å². The van der Waals surface area contributed by atoms with Gasteiger partial charge in [-0.25, -0.2) is 13.1 Å². The van der Waals surface area contributed by atoms with Gasteiger partial charge < -0.3 is 10.1 Å². The normalized spacial score (nSPS) is 11.4. The molecular formula is C19H23ClN2O4S. The van der Waals surface area contributed by atoms with Gasteiger partial charge in [0.25, 0.3) is 5.91 Å². The number of rotatable bonds is 9. The molecule has 0 aromatic heterocycles. The number of halogens is 1. The van der Waals surface area contributed by atoms with Gasteiger partial charge in [0.1, 0.15) is 5.75 Å². The molecule has 6 nitrogen and oxygen atoms in total. The first-order valence-corrected chi connectivity index (χ1v) is 10.4. The summed E-state index contributed by atoms with van der Waals surface area (Å²) in [7, 11) is -3.70. The highest BCUT2D eigenvalue weighted by atomic mass is 35.5. The molecule has 0 saturated heterocycles. The fourth-order valence-electron chi connectivity index (χ4n) is 2.30. The van der Waals surface area contributed by atoms with Crippen molar-refractivity contribution in [3.63, 3.8) is 0 Å². The standard InChI is InChI=1S/C19H23ClN2O4S/c1-14(2)22-27(24,25)16-9-10-18(20)17(13-16)19(23)21-11-6-12-26-15-7-4-3-5-8-15/h3-5,7-10,13-14,22H,6,11-12H2,1-2H3,(H,21,23). The highest BCUT2D eigenvalue weighted by Gasteiger charge is 2.19. The molecule has 8 heteroatoms. The summed E-state index contributed by atoms with van der Waals surface area (Å²) in [5.41, 5.74) is 0.118. The fourth-order valence-corrected chi connectivity index (χ4v) is 3.78. The number of nitrogens with one attached hydrogen (secondary N) is 2. The first-order chi connectivity index (χ1) is 12.8. The second-order valence-corrected chi connectivity index (χ2v) is 8.31. The Labute approximate surface area is 164 Å². The number of sulfonamides is 1. The van der Waals surface area contributed by atoms with Crippen LogP contribution in [-0.4, -0.2) is 33.5 Å². The Morgan fingerprint density at radius 2 is 1.85 bits per heavy atom. The number of amides is 1. The van der Waals surface area contributed by atoms with E-state index in [1.54, 1.807) is 13.8 Å². The number of hydrogen-bond acceptors (Lipinski definition) is 4. The molecule has 0 aliphatic heterocycles. The van der Waals surface area contributed by atoms with Gasteiger partial charge >= 0.3 is 0 Å². The van der Waals surface area contributed by atoms with Crippen LogP contribution in [-0.2, 0) is 10.0 Å². The zero-order valence-electron chi connectivity index (χ0n) is 15.2. The number of benzene rings is 2. The Morgan fingerprint density at radius 1 is 1.15 bits per heavy atom. The van der Waals surface area contributed by atoms with Crippen molar-refractivity contribution < 1.29 is 17.9 Å². The number of ether oxygens (including phenoxy) is 1. The van der Waals surface area contributed by atoms with Gasteiger partial charge in [-0.05, 0) is 50.6 Å². The average Bonchev–Trinajstić information content (AvgIpc) is 2.61. The van der Waals surface area contributed by atoms with Crippen LogP contribution in [0.3, 0.4) is 0 Å². The van der Waals surface area contributed by atoms with Gasteiger partial charge in [-0.2, -0.15) is 0 Å². The van der Waals surface area contributed by atoms with E-state index in [4.69, 9.17) is 16.3 Å². The third-order valence-corrected chi connectivity index (χ3v) is 5.49. The van der Waals surface area contributed by atoms with Crippen molar-refractivity contribution >= 4 is 27.5 Å². The molecule has 0 aliphatic rings. The smallest absolute Gasteiger partial charge is 0.252 e. The molecule has 0 radical (unpaired) electrons. The van der Waals surface area contributed by atoms with Crippen molar-refractivity contribution in [2.24, 2.45) is 0 Å². The molecule has 2 rings (SSSR count). The molecule has 0 aliphatic carbocycles. The van der Waals surface area contributed by atoms with E-state index in [2.05, 4.69) is 10.0 Å². The maximum atomic E-state index is 12.3. The lowest BCUT2D eigenvalue weighted by atomic mass is 10.2. The van der Waals surface area contributed by atoms with E-state index >= 15 is 0 Å². The summed E-state index contributed by atoms with van der Waals surface area (Å²) < 4.78 is 32.6. The SMILES string of the molecule is CC(C)NS(=O)(=O)c1ccc(Cl)c(C(=O)NCCCOc2ccccc2)c1. The Bertz CT molecular complexity index is 871. The quantitative estimate of drug-likeness (QED) is 0.621. The Morgan fingerprint density at radius 3 is 2.52 bits per heavy atom. The molecule has 0 heterocycles. The lowest BCUT2D eigenvalue weighted by Gasteiger charge is -2.12. The molecule has 0 atom stereocenters. The van der Waals surface area contributed by atoms with E-state index in [9.17, 15) is 13.2 Å². The zero-order chi connectivity index (χ0) is 19.9. The predicted molar refractivity (Wildman–Crippen MR) is 106 cm³/mol.